The van der Waals surface area contributed by atoms with Crippen LogP contribution in [-0.4, -0.2) is 18.3 Å². The first kappa shape index (κ1) is 15.4. The Morgan fingerprint density at radius 3 is 2.48 bits per heavy atom. The topological polar surface area (TPSA) is 38.3 Å². The molecule has 0 saturated carbocycles. The Bertz CT molecular complexity index is 596. The van der Waals surface area contributed by atoms with E-state index in [0.29, 0.717) is 12.2 Å². The van der Waals surface area contributed by atoms with Gasteiger partial charge in [0, 0.05) is 10.6 Å². The van der Waals surface area contributed by atoms with Gasteiger partial charge in [-0.2, -0.15) is 0 Å². The molecule has 0 aliphatic rings. The van der Waals surface area contributed by atoms with Gasteiger partial charge in [0.15, 0.2) is 0 Å². The second-order valence-corrected chi connectivity index (χ2v) is 5.65. The van der Waals surface area contributed by atoms with Crippen LogP contribution in [0.4, 0.5) is 5.69 Å². The fourth-order valence-corrected chi connectivity index (χ4v) is 2.74. The zero-order valence-electron chi connectivity index (χ0n) is 12.3. The van der Waals surface area contributed by atoms with Gasteiger partial charge in [-0.1, -0.05) is 19.1 Å². The number of benzene rings is 2. The van der Waals surface area contributed by atoms with Crippen LogP contribution in [0.15, 0.2) is 53.4 Å². The average molecular weight is 301 g/mol. The molecule has 0 aliphatic heterocycles. The minimum Gasteiger partial charge on any atom is -0.494 e. The summed E-state index contributed by atoms with van der Waals surface area (Å²) in [6, 6.07) is 15.1. The number of hydrogen-bond acceptors (Lipinski definition) is 3. The minimum absolute atomic E-state index is 0.0873. The molecule has 0 heterocycles. The first-order chi connectivity index (χ1) is 10.2. The summed E-state index contributed by atoms with van der Waals surface area (Å²) in [5.41, 5.74) is 1.47. The van der Waals surface area contributed by atoms with Gasteiger partial charge >= 0.3 is 0 Å². The van der Waals surface area contributed by atoms with Crippen molar-refractivity contribution in [1.29, 1.82) is 0 Å². The maximum absolute atomic E-state index is 12.4. The lowest BCUT2D eigenvalue weighted by atomic mass is 10.2. The minimum atomic E-state index is -0.0873. The van der Waals surface area contributed by atoms with E-state index in [0.717, 1.165) is 22.1 Å². The van der Waals surface area contributed by atoms with Gasteiger partial charge in [0.1, 0.15) is 5.75 Å². The Hall–Kier alpha value is -1.94. The van der Waals surface area contributed by atoms with E-state index < -0.39 is 0 Å². The fourth-order valence-electron chi connectivity index (χ4n) is 1.94. The predicted octanol–water partition coefficient (Wildman–Crippen LogP) is 4.45. The van der Waals surface area contributed by atoms with Crippen LogP contribution < -0.4 is 10.1 Å². The first-order valence-corrected chi connectivity index (χ1v) is 7.99. The van der Waals surface area contributed by atoms with Crippen LogP contribution in [0.5, 0.6) is 5.75 Å². The average Bonchev–Trinajstić information content (AvgIpc) is 2.50. The molecule has 0 radical (unpaired) electrons. The molecule has 110 valence electrons. The van der Waals surface area contributed by atoms with Crippen LogP contribution in [0, 0.1) is 0 Å². The summed E-state index contributed by atoms with van der Waals surface area (Å²) < 4.78 is 5.39. The SMILES string of the molecule is CCOc1ccc(NC(=O)c2ccccc2SCC)cc1. The van der Waals surface area contributed by atoms with Crippen molar-refractivity contribution < 1.29 is 9.53 Å². The highest BCUT2D eigenvalue weighted by Gasteiger charge is 2.11. The second-order valence-electron chi connectivity index (χ2n) is 4.34. The summed E-state index contributed by atoms with van der Waals surface area (Å²) in [4.78, 5) is 13.4. The molecule has 3 nitrogen and oxygen atoms in total. The summed E-state index contributed by atoms with van der Waals surface area (Å²) in [6.07, 6.45) is 0. The molecule has 0 spiro atoms. The van der Waals surface area contributed by atoms with Crippen LogP contribution in [0.3, 0.4) is 0 Å². The van der Waals surface area contributed by atoms with Gasteiger partial charge in [0.2, 0.25) is 0 Å². The van der Waals surface area contributed by atoms with Crippen LogP contribution in [0.2, 0.25) is 0 Å². The largest absolute Gasteiger partial charge is 0.494 e. The number of nitrogens with one attached hydrogen (secondary N) is 1. The number of rotatable bonds is 6. The molecule has 2 aromatic rings. The Labute approximate surface area is 129 Å². The van der Waals surface area contributed by atoms with Gasteiger partial charge in [0.05, 0.1) is 12.2 Å². The molecule has 0 saturated heterocycles. The van der Waals surface area contributed by atoms with E-state index in [1.807, 2.05) is 55.5 Å². The first-order valence-electron chi connectivity index (χ1n) is 7.00. The Morgan fingerprint density at radius 1 is 1.10 bits per heavy atom. The quantitative estimate of drug-likeness (QED) is 0.801. The number of amides is 1. The number of anilines is 1. The Balaban J connectivity index is 2.10. The summed E-state index contributed by atoms with van der Waals surface area (Å²) in [5.74, 6) is 1.65. The number of carbonyl (C=O) groups is 1. The maximum atomic E-state index is 12.4. The zero-order chi connectivity index (χ0) is 15.1. The van der Waals surface area contributed by atoms with Gasteiger partial charge < -0.3 is 10.1 Å². The van der Waals surface area contributed by atoms with Gasteiger partial charge in [0.25, 0.3) is 5.91 Å². The van der Waals surface area contributed by atoms with Crippen molar-refractivity contribution in [3.63, 3.8) is 0 Å². The Kier molecular flexibility index (Phi) is 5.69. The molecule has 1 N–H and O–H groups in total. The zero-order valence-corrected chi connectivity index (χ0v) is 13.1. The molecular weight excluding hydrogens is 282 g/mol. The molecule has 0 atom stereocenters. The van der Waals surface area contributed by atoms with Crippen molar-refractivity contribution in [2.24, 2.45) is 0 Å². The molecule has 2 rings (SSSR count). The molecule has 0 bridgehead atoms. The van der Waals surface area contributed by atoms with E-state index in [1.54, 1.807) is 11.8 Å². The molecule has 0 aliphatic carbocycles. The number of thioether (sulfide) groups is 1. The number of hydrogen-bond donors (Lipinski definition) is 1. The van der Waals surface area contributed by atoms with Gasteiger partial charge in [-0.05, 0) is 49.1 Å². The third-order valence-electron chi connectivity index (χ3n) is 2.85. The molecule has 0 unspecified atom stereocenters. The lowest BCUT2D eigenvalue weighted by Gasteiger charge is -2.10. The monoisotopic (exact) mass is 301 g/mol. The van der Waals surface area contributed by atoms with Gasteiger partial charge in [-0.3, -0.25) is 4.79 Å². The van der Waals surface area contributed by atoms with Crippen LogP contribution >= 0.6 is 11.8 Å². The highest BCUT2D eigenvalue weighted by molar-refractivity contribution is 7.99. The van der Waals surface area contributed by atoms with Crippen LogP contribution in [0.1, 0.15) is 24.2 Å². The summed E-state index contributed by atoms with van der Waals surface area (Å²) in [7, 11) is 0. The van der Waals surface area contributed by atoms with Crippen molar-refractivity contribution in [3.8, 4) is 5.75 Å². The van der Waals surface area contributed by atoms with Crippen molar-refractivity contribution >= 4 is 23.4 Å². The van der Waals surface area contributed by atoms with E-state index in [-0.39, 0.29) is 5.91 Å². The van der Waals surface area contributed by atoms with Crippen molar-refractivity contribution in [2.75, 3.05) is 17.7 Å². The highest BCUT2D eigenvalue weighted by Crippen LogP contribution is 2.23. The molecule has 4 heteroatoms. The number of ether oxygens (including phenoxy) is 1. The Morgan fingerprint density at radius 2 is 1.81 bits per heavy atom. The maximum Gasteiger partial charge on any atom is 0.256 e. The van der Waals surface area contributed by atoms with E-state index in [4.69, 9.17) is 4.74 Å². The van der Waals surface area contributed by atoms with Crippen molar-refractivity contribution in [2.45, 2.75) is 18.7 Å². The lowest BCUT2D eigenvalue weighted by Crippen LogP contribution is -2.12. The van der Waals surface area contributed by atoms with E-state index in [1.165, 1.54) is 0 Å². The number of carbonyl (C=O) groups excluding carboxylic acids is 1. The van der Waals surface area contributed by atoms with Gasteiger partial charge in [-0.15, -0.1) is 11.8 Å². The summed E-state index contributed by atoms with van der Waals surface area (Å²) >= 11 is 1.67. The molecule has 21 heavy (non-hydrogen) atoms. The summed E-state index contributed by atoms with van der Waals surface area (Å²) in [5, 5.41) is 2.92. The molecule has 1 amide bonds. The summed E-state index contributed by atoms with van der Waals surface area (Å²) in [6.45, 7) is 4.65. The molecule has 2 aromatic carbocycles. The smallest absolute Gasteiger partial charge is 0.256 e. The van der Waals surface area contributed by atoms with Crippen LogP contribution in [0.25, 0.3) is 0 Å². The van der Waals surface area contributed by atoms with Crippen molar-refractivity contribution in [3.05, 3.63) is 54.1 Å². The van der Waals surface area contributed by atoms with E-state index >= 15 is 0 Å². The van der Waals surface area contributed by atoms with E-state index in [9.17, 15) is 4.79 Å². The van der Waals surface area contributed by atoms with E-state index in [2.05, 4.69) is 12.2 Å². The van der Waals surface area contributed by atoms with Gasteiger partial charge in [-0.25, -0.2) is 0 Å². The standard InChI is InChI=1S/C17H19NO2S/c1-3-20-14-11-9-13(10-12-14)18-17(19)15-7-5-6-8-16(15)21-4-2/h5-12H,3-4H2,1-2H3,(H,18,19). The fraction of sp³-hybridized carbons (Fsp3) is 0.235. The highest BCUT2D eigenvalue weighted by atomic mass is 32.2. The molecule has 0 fully saturated rings. The second kappa shape index (κ2) is 7.74. The predicted molar refractivity (Wildman–Crippen MR) is 88.4 cm³/mol. The third-order valence-corrected chi connectivity index (χ3v) is 3.81. The normalized spacial score (nSPS) is 10.2. The third kappa shape index (κ3) is 4.26. The lowest BCUT2D eigenvalue weighted by molar-refractivity contribution is 0.102. The molecule has 0 aromatic heterocycles. The molecular formula is C17H19NO2S. The van der Waals surface area contributed by atoms with Crippen LogP contribution in [-0.2, 0) is 0 Å². The van der Waals surface area contributed by atoms with Crippen molar-refractivity contribution in [1.82, 2.24) is 0 Å².